The van der Waals surface area contributed by atoms with Crippen molar-refractivity contribution in [3.63, 3.8) is 0 Å². The number of hydrogen-bond donors (Lipinski definition) is 1. The fourth-order valence-electron chi connectivity index (χ4n) is 2.59. The molecule has 1 aromatic rings. The van der Waals surface area contributed by atoms with E-state index in [1.54, 1.807) is 0 Å². The summed E-state index contributed by atoms with van der Waals surface area (Å²) in [5.74, 6) is 1.73. The summed E-state index contributed by atoms with van der Waals surface area (Å²) in [6.45, 7) is 7.81. The van der Waals surface area contributed by atoms with E-state index in [2.05, 4.69) is 36.2 Å². The molecule has 4 heteroatoms. The van der Waals surface area contributed by atoms with Gasteiger partial charge in [0.05, 0.1) is 0 Å². The summed E-state index contributed by atoms with van der Waals surface area (Å²) in [5, 5.41) is 3.50. The van der Waals surface area contributed by atoms with Gasteiger partial charge in [-0.25, -0.2) is 0 Å². The zero-order chi connectivity index (χ0) is 12.5. The Bertz CT molecular complexity index is 436. The van der Waals surface area contributed by atoms with E-state index in [4.69, 9.17) is 9.47 Å². The molecule has 0 aliphatic carbocycles. The van der Waals surface area contributed by atoms with Gasteiger partial charge >= 0.3 is 0 Å². The van der Waals surface area contributed by atoms with Crippen molar-refractivity contribution in [1.29, 1.82) is 0 Å². The average Bonchev–Trinajstić information content (AvgIpc) is 2.41. The molecule has 1 N–H and O–H groups in total. The highest BCUT2D eigenvalue weighted by Gasteiger charge is 2.24. The van der Waals surface area contributed by atoms with Crippen LogP contribution >= 0.6 is 0 Å². The number of piperazine rings is 1. The molecule has 1 aromatic carbocycles. The first-order chi connectivity index (χ1) is 8.74. The van der Waals surface area contributed by atoms with Crippen LogP contribution in [0.15, 0.2) is 18.2 Å². The van der Waals surface area contributed by atoms with Crippen molar-refractivity contribution in [2.75, 3.05) is 31.2 Å². The summed E-state index contributed by atoms with van der Waals surface area (Å²) in [6.07, 6.45) is 0. The molecular weight excluding hydrogens is 228 g/mol. The molecule has 1 fully saturated rings. The van der Waals surface area contributed by atoms with E-state index in [0.29, 0.717) is 25.3 Å². The molecule has 2 heterocycles. The fourth-order valence-corrected chi connectivity index (χ4v) is 2.59. The van der Waals surface area contributed by atoms with Crippen molar-refractivity contribution in [3.05, 3.63) is 18.2 Å². The summed E-state index contributed by atoms with van der Waals surface area (Å²) in [7, 11) is 0. The molecule has 0 spiro atoms. The molecule has 2 unspecified atom stereocenters. The molecule has 0 radical (unpaired) electrons. The molecule has 0 aromatic heterocycles. The highest BCUT2D eigenvalue weighted by molar-refractivity contribution is 5.57. The van der Waals surface area contributed by atoms with Crippen LogP contribution < -0.4 is 19.7 Å². The highest BCUT2D eigenvalue weighted by atomic mass is 16.6. The maximum absolute atomic E-state index is 5.65. The standard InChI is InChI=1S/C14H20N2O2/c1-10-9-16(11(2)8-15-10)12-3-4-13-14(7-12)18-6-5-17-13/h3-4,7,10-11,15H,5-6,8-9H2,1-2H3. The van der Waals surface area contributed by atoms with Crippen LogP contribution in [0.5, 0.6) is 11.5 Å². The SMILES string of the molecule is CC1CN(c2ccc3c(c2)OCCO3)C(C)CN1. The number of fused-ring (bicyclic) bond motifs is 1. The second kappa shape index (κ2) is 4.69. The lowest BCUT2D eigenvalue weighted by Gasteiger charge is -2.39. The Labute approximate surface area is 108 Å². The van der Waals surface area contributed by atoms with Crippen molar-refractivity contribution < 1.29 is 9.47 Å². The number of rotatable bonds is 1. The maximum Gasteiger partial charge on any atom is 0.163 e. The van der Waals surface area contributed by atoms with Gasteiger partial charge in [-0.15, -0.1) is 0 Å². The number of hydrogen-bond acceptors (Lipinski definition) is 4. The monoisotopic (exact) mass is 248 g/mol. The van der Waals surface area contributed by atoms with Gasteiger partial charge < -0.3 is 19.7 Å². The molecule has 18 heavy (non-hydrogen) atoms. The molecular formula is C14H20N2O2. The van der Waals surface area contributed by atoms with E-state index in [9.17, 15) is 0 Å². The third kappa shape index (κ3) is 2.12. The minimum absolute atomic E-state index is 0.503. The lowest BCUT2D eigenvalue weighted by Crippen LogP contribution is -2.54. The second-order valence-electron chi connectivity index (χ2n) is 5.14. The van der Waals surface area contributed by atoms with Crippen molar-refractivity contribution >= 4 is 5.69 Å². The van der Waals surface area contributed by atoms with Gasteiger partial charge in [0.15, 0.2) is 11.5 Å². The summed E-state index contributed by atoms with van der Waals surface area (Å²) in [6, 6.07) is 7.27. The summed E-state index contributed by atoms with van der Waals surface area (Å²) in [4.78, 5) is 2.43. The first-order valence-electron chi connectivity index (χ1n) is 6.64. The van der Waals surface area contributed by atoms with E-state index >= 15 is 0 Å². The molecule has 98 valence electrons. The van der Waals surface area contributed by atoms with Crippen LogP contribution in [0.2, 0.25) is 0 Å². The Balaban J connectivity index is 1.86. The summed E-state index contributed by atoms with van der Waals surface area (Å²) in [5.41, 5.74) is 1.22. The quantitative estimate of drug-likeness (QED) is 0.819. The predicted molar refractivity (Wildman–Crippen MR) is 71.7 cm³/mol. The molecule has 0 bridgehead atoms. The van der Waals surface area contributed by atoms with Crippen LogP contribution in [0, 0.1) is 0 Å². The fraction of sp³-hybridized carbons (Fsp3) is 0.571. The molecule has 2 atom stereocenters. The van der Waals surface area contributed by atoms with Gasteiger partial charge in [0.2, 0.25) is 0 Å². The average molecular weight is 248 g/mol. The van der Waals surface area contributed by atoms with E-state index in [0.717, 1.165) is 24.6 Å². The zero-order valence-corrected chi connectivity index (χ0v) is 11.0. The first kappa shape index (κ1) is 11.7. The van der Waals surface area contributed by atoms with E-state index in [1.807, 2.05) is 6.07 Å². The van der Waals surface area contributed by atoms with Crippen LogP contribution in [0.1, 0.15) is 13.8 Å². The van der Waals surface area contributed by atoms with Gasteiger partial charge in [-0.05, 0) is 26.0 Å². The third-order valence-electron chi connectivity index (χ3n) is 3.62. The lowest BCUT2D eigenvalue weighted by atomic mass is 10.1. The third-order valence-corrected chi connectivity index (χ3v) is 3.62. The van der Waals surface area contributed by atoms with E-state index in [1.165, 1.54) is 5.69 Å². The van der Waals surface area contributed by atoms with Crippen LogP contribution in [-0.2, 0) is 0 Å². The smallest absolute Gasteiger partial charge is 0.163 e. The second-order valence-corrected chi connectivity index (χ2v) is 5.14. The van der Waals surface area contributed by atoms with Crippen molar-refractivity contribution in [1.82, 2.24) is 5.32 Å². The summed E-state index contributed by atoms with van der Waals surface area (Å²) < 4.78 is 11.2. The Morgan fingerprint density at radius 3 is 2.78 bits per heavy atom. The number of ether oxygens (including phenoxy) is 2. The van der Waals surface area contributed by atoms with Crippen LogP contribution in [0.25, 0.3) is 0 Å². The van der Waals surface area contributed by atoms with Crippen molar-refractivity contribution in [3.8, 4) is 11.5 Å². The first-order valence-corrected chi connectivity index (χ1v) is 6.64. The van der Waals surface area contributed by atoms with Gasteiger partial charge in [-0.2, -0.15) is 0 Å². The molecule has 2 aliphatic heterocycles. The number of benzene rings is 1. The van der Waals surface area contributed by atoms with Crippen molar-refractivity contribution in [2.24, 2.45) is 0 Å². The molecule has 0 amide bonds. The number of anilines is 1. The number of nitrogens with one attached hydrogen (secondary N) is 1. The molecule has 1 saturated heterocycles. The topological polar surface area (TPSA) is 33.7 Å². The van der Waals surface area contributed by atoms with Crippen molar-refractivity contribution in [2.45, 2.75) is 25.9 Å². The van der Waals surface area contributed by atoms with Crippen LogP contribution in [-0.4, -0.2) is 38.4 Å². The van der Waals surface area contributed by atoms with Crippen LogP contribution in [0.4, 0.5) is 5.69 Å². The lowest BCUT2D eigenvalue weighted by molar-refractivity contribution is 0.171. The largest absolute Gasteiger partial charge is 0.486 e. The molecule has 3 rings (SSSR count). The Hall–Kier alpha value is -1.42. The normalized spacial score (nSPS) is 27.1. The van der Waals surface area contributed by atoms with Gasteiger partial charge in [0, 0.05) is 36.9 Å². The molecule has 0 saturated carbocycles. The minimum atomic E-state index is 0.503. The van der Waals surface area contributed by atoms with Gasteiger partial charge in [-0.1, -0.05) is 0 Å². The van der Waals surface area contributed by atoms with Gasteiger partial charge in [-0.3, -0.25) is 0 Å². The Kier molecular flexibility index (Phi) is 3.04. The zero-order valence-electron chi connectivity index (χ0n) is 11.0. The van der Waals surface area contributed by atoms with Crippen LogP contribution in [0.3, 0.4) is 0 Å². The molecule has 4 nitrogen and oxygen atoms in total. The van der Waals surface area contributed by atoms with E-state index < -0.39 is 0 Å². The predicted octanol–water partition coefficient (Wildman–Crippen LogP) is 1.64. The minimum Gasteiger partial charge on any atom is -0.486 e. The maximum atomic E-state index is 5.65. The summed E-state index contributed by atoms with van der Waals surface area (Å²) >= 11 is 0. The van der Waals surface area contributed by atoms with Gasteiger partial charge in [0.25, 0.3) is 0 Å². The van der Waals surface area contributed by atoms with Gasteiger partial charge in [0.1, 0.15) is 13.2 Å². The highest BCUT2D eigenvalue weighted by Crippen LogP contribution is 2.34. The Morgan fingerprint density at radius 2 is 1.94 bits per heavy atom. The Morgan fingerprint density at radius 1 is 1.17 bits per heavy atom. The number of nitrogens with zero attached hydrogens (tertiary/aromatic N) is 1. The van der Waals surface area contributed by atoms with E-state index in [-0.39, 0.29) is 0 Å². The molecule has 2 aliphatic rings.